The van der Waals surface area contributed by atoms with Gasteiger partial charge in [-0.2, -0.15) is 0 Å². The van der Waals surface area contributed by atoms with Gasteiger partial charge in [-0.1, -0.05) is 18.5 Å². The first-order valence-corrected chi connectivity index (χ1v) is 7.33. The SMILES string of the molecule is CCCc1nc(Cl)c(C)c(N(CC)Cc2ccco2)n1. The average Bonchev–Trinajstić information content (AvgIpc) is 2.93. The van der Waals surface area contributed by atoms with E-state index in [1.54, 1.807) is 6.26 Å². The molecule has 20 heavy (non-hydrogen) atoms. The van der Waals surface area contributed by atoms with Crippen molar-refractivity contribution in [2.45, 2.75) is 40.2 Å². The fourth-order valence-corrected chi connectivity index (χ4v) is 2.27. The molecule has 2 aromatic heterocycles. The topological polar surface area (TPSA) is 42.2 Å². The predicted molar refractivity (Wildman–Crippen MR) is 81.2 cm³/mol. The Morgan fingerprint density at radius 3 is 2.70 bits per heavy atom. The number of rotatable bonds is 6. The van der Waals surface area contributed by atoms with Crippen molar-refractivity contribution in [3.8, 4) is 0 Å². The van der Waals surface area contributed by atoms with Gasteiger partial charge in [0.1, 0.15) is 22.6 Å². The molecule has 0 aliphatic carbocycles. The number of aryl methyl sites for hydroxylation is 1. The van der Waals surface area contributed by atoms with Gasteiger partial charge in [-0.05, 0) is 32.4 Å². The molecule has 0 aromatic carbocycles. The van der Waals surface area contributed by atoms with Crippen LogP contribution in [-0.2, 0) is 13.0 Å². The number of hydrogen-bond acceptors (Lipinski definition) is 4. The summed E-state index contributed by atoms with van der Waals surface area (Å²) in [4.78, 5) is 11.2. The Bertz CT molecular complexity index is 554. The molecule has 2 heterocycles. The summed E-state index contributed by atoms with van der Waals surface area (Å²) in [6, 6.07) is 3.86. The molecule has 0 bridgehead atoms. The van der Waals surface area contributed by atoms with Crippen molar-refractivity contribution in [1.29, 1.82) is 0 Å². The van der Waals surface area contributed by atoms with E-state index >= 15 is 0 Å². The first-order valence-electron chi connectivity index (χ1n) is 6.96. The molecule has 0 saturated heterocycles. The lowest BCUT2D eigenvalue weighted by atomic mass is 10.2. The zero-order chi connectivity index (χ0) is 14.5. The van der Waals surface area contributed by atoms with Crippen LogP contribution in [0.1, 0.15) is 37.4 Å². The summed E-state index contributed by atoms with van der Waals surface area (Å²) in [5, 5.41) is 0.538. The molecule has 0 aliphatic rings. The van der Waals surface area contributed by atoms with Crippen molar-refractivity contribution >= 4 is 17.4 Å². The van der Waals surface area contributed by atoms with E-state index in [4.69, 9.17) is 16.0 Å². The van der Waals surface area contributed by atoms with Crippen LogP contribution in [0.2, 0.25) is 5.15 Å². The zero-order valence-corrected chi connectivity index (χ0v) is 12.9. The van der Waals surface area contributed by atoms with E-state index < -0.39 is 0 Å². The van der Waals surface area contributed by atoms with Crippen molar-refractivity contribution in [2.75, 3.05) is 11.4 Å². The van der Waals surface area contributed by atoms with Crippen LogP contribution in [0.25, 0.3) is 0 Å². The summed E-state index contributed by atoms with van der Waals surface area (Å²) in [6.07, 6.45) is 3.53. The zero-order valence-electron chi connectivity index (χ0n) is 12.2. The van der Waals surface area contributed by atoms with Crippen molar-refractivity contribution in [3.05, 3.63) is 40.7 Å². The fraction of sp³-hybridized carbons (Fsp3) is 0.467. The largest absolute Gasteiger partial charge is 0.467 e. The van der Waals surface area contributed by atoms with E-state index in [0.717, 1.165) is 42.4 Å². The monoisotopic (exact) mass is 293 g/mol. The Hall–Kier alpha value is -1.55. The highest BCUT2D eigenvalue weighted by molar-refractivity contribution is 6.30. The molecular formula is C15H20ClN3O. The highest BCUT2D eigenvalue weighted by atomic mass is 35.5. The Morgan fingerprint density at radius 2 is 2.10 bits per heavy atom. The van der Waals surface area contributed by atoms with Gasteiger partial charge in [-0.3, -0.25) is 0 Å². The lowest BCUT2D eigenvalue weighted by Crippen LogP contribution is -2.24. The molecule has 0 N–H and O–H groups in total. The van der Waals surface area contributed by atoms with Crippen LogP contribution in [0.15, 0.2) is 22.8 Å². The van der Waals surface area contributed by atoms with Crippen LogP contribution in [0.4, 0.5) is 5.82 Å². The van der Waals surface area contributed by atoms with Gasteiger partial charge in [0.05, 0.1) is 12.8 Å². The van der Waals surface area contributed by atoms with Crippen molar-refractivity contribution in [1.82, 2.24) is 9.97 Å². The van der Waals surface area contributed by atoms with Crippen LogP contribution in [-0.4, -0.2) is 16.5 Å². The van der Waals surface area contributed by atoms with Crippen LogP contribution in [0, 0.1) is 6.92 Å². The second kappa shape index (κ2) is 6.75. The average molecular weight is 294 g/mol. The molecule has 108 valence electrons. The number of nitrogens with zero attached hydrogens (tertiary/aromatic N) is 3. The van der Waals surface area contributed by atoms with E-state index in [1.165, 1.54) is 0 Å². The molecule has 0 aliphatic heterocycles. The molecule has 5 heteroatoms. The van der Waals surface area contributed by atoms with Crippen molar-refractivity contribution in [2.24, 2.45) is 0 Å². The third-order valence-electron chi connectivity index (χ3n) is 3.19. The first kappa shape index (κ1) is 14.9. The van der Waals surface area contributed by atoms with E-state index in [0.29, 0.717) is 11.7 Å². The third-order valence-corrected chi connectivity index (χ3v) is 3.56. The lowest BCUT2D eigenvalue weighted by Gasteiger charge is -2.23. The van der Waals surface area contributed by atoms with Crippen molar-refractivity contribution < 1.29 is 4.42 Å². The van der Waals surface area contributed by atoms with Gasteiger partial charge in [-0.15, -0.1) is 0 Å². The minimum absolute atomic E-state index is 0.538. The fourth-order valence-electron chi connectivity index (χ4n) is 2.09. The van der Waals surface area contributed by atoms with Crippen LogP contribution in [0.5, 0.6) is 0 Å². The number of anilines is 1. The van der Waals surface area contributed by atoms with E-state index in [-0.39, 0.29) is 0 Å². The van der Waals surface area contributed by atoms with Gasteiger partial charge in [0, 0.05) is 18.5 Å². The van der Waals surface area contributed by atoms with E-state index in [9.17, 15) is 0 Å². The summed E-state index contributed by atoms with van der Waals surface area (Å²) in [5.41, 5.74) is 0.917. The Kier molecular flexibility index (Phi) is 5.01. The molecular weight excluding hydrogens is 274 g/mol. The maximum absolute atomic E-state index is 6.24. The van der Waals surface area contributed by atoms with Gasteiger partial charge in [0.25, 0.3) is 0 Å². The second-order valence-corrected chi connectivity index (χ2v) is 5.08. The minimum atomic E-state index is 0.538. The normalized spacial score (nSPS) is 10.8. The predicted octanol–water partition coefficient (Wildman–Crippen LogP) is 4.01. The van der Waals surface area contributed by atoms with Crippen LogP contribution in [0.3, 0.4) is 0 Å². The summed E-state index contributed by atoms with van der Waals surface area (Å²) >= 11 is 6.24. The quantitative estimate of drug-likeness (QED) is 0.755. The molecule has 0 fully saturated rings. The smallest absolute Gasteiger partial charge is 0.137 e. The van der Waals surface area contributed by atoms with E-state index in [2.05, 4.69) is 28.7 Å². The van der Waals surface area contributed by atoms with Gasteiger partial charge in [0.2, 0.25) is 0 Å². The van der Waals surface area contributed by atoms with Crippen molar-refractivity contribution in [3.63, 3.8) is 0 Å². The molecule has 0 amide bonds. The van der Waals surface area contributed by atoms with E-state index in [1.807, 2.05) is 19.1 Å². The number of furan rings is 1. The molecule has 0 unspecified atom stereocenters. The van der Waals surface area contributed by atoms with Gasteiger partial charge < -0.3 is 9.32 Å². The van der Waals surface area contributed by atoms with Gasteiger partial charge in [-0.25, -0.2) is 9.97 Å². The molecule has 0 saturated carbocycles. The van der Waals surface area contributed by atoms with Gasteiger partial charge in [0.15, 0.2) is 0 Å². The molecule has 0 radical (unpaired) electrons. The molecule has 4 nitrogen and oxygen atoms in total. The van der Waals surface area contributed by atoms with Crippen LogP contribution < -0.4 is 4.90 Å². The number of halogens is 1. The summed E-state index contributed by atoms with van der Waals surface area (Å²) in [7, 11) is 0. The lowest BCUT2D eigenvalue weighted by molar-refractivity contribution is 0.502. The second-order valence-electron chi connectivity index (χ2n) is 4.72. The number of hydrogen-bond donors (Lipinski definition) is 0. The summed E-state index contributed by atoms with van der Waals surface area (Å²) in [6.45, 7) is 7.68. The maximum Gasteiger partial charge on any atom is 0.137 e. The number of aromatic nitrogens is 2. The Balaban J connectivity index is 2.32. The van der Waals surface area contributed by atoms with Crippen LogP contribution >= 0.6 is 11.6 Å². The molecule has 2 aromatic rings. The Morgan fingerprint density at radius 1 is 1.30 bits per heavy atom. The standard InChI is InChI=1S/C15H20ClN3O/c1-4-7-13-17-14(16)11(3)15(18-13)19(5-2)10-12-8-6-9-20-12/h6,8-9H,4-5,7,10H2,1-3H3. The molecule has 0 spiro atoms. The maximum atomic E-state index is 6.24. The molecule has 0 atom stereocenters. The Labute approximate surface area is 124 Å². The van der Waals surface area contributed by atoms with Gasteiger partial charge >= 0.3 is 0 Å². The minimum Gasteiger partial charge on any atom is -0.467 e. The highest BCUT2D eigenvalue weighted by Gasteiger charge is 2.15. The summed E-state index contributed by atoms with van der Waals surface area (Å²) < 4.78 is 5.42. The first-order chi connectivity index (χ1) is 9.65. The highest BCUT2D eigenvalue weighted by Crippen LogP contribution is 2.25. The summed E-state index contributed by atoms with van der Waals surface area (Å²) in [5.74, 6) is 2.61. The molecule has 2 rings (SSSR count). The third kappa shape index (κ3) is 3.31.